The third kappa shape index (κ3) is 15.3. The molecule has 0 aromatic heterocycles. The van der Waals surface area contributed by atoms with Crippen LogP contribution in [0.3, 0.4) is 0 Å². The van der Waals surface area contributed by atoms with Crippen molar-refractivity contribution in [2.24, 2.45) is 0 Å². The molecule has 0 atom stereocenters. The van der Waals surface area contributed by atoms with Crippen molar-refractivity contribution in [3.63, 3.8) is 0 Å². The summed E-state index contributed by atoms with van der Waals surface area (Å²) in [6.07, 6.45) is 14.1. The standard InChI is InChI=1S/C17H33NO3/c1-3-4-5-6-7-8-9-10-11-12-13-14-16(19)21-17(20)15-18-2/h18H,3-15H2,1-2H3. The molecule has 0 aliphatic rings. The van der Waals surface area contributed by atoms with Gasteiger partial charge >= 0.3 is 11.9 Å². The minimum atomic E-state index is -0.495. The van der Waals surface area contributed by atoms with Crippen LogP contribution in [0.25, 0.3) is 0 Å². The Morgan fingerprint density at radius 3 is 1.71 bits per heavy atom. The number of ether oxygens (including phenoxy) is 1. The van der Waals surface area contributed by atoms with E-state index in [0.29, 0.717) is 6.42 Å². The van der Waals surface area contributed by atoms with Gasteiger partial charge in [0, 0.05) is 6.42 Å². The molecule has 0 saturated heterocycles. The fourth-order valence-electron chi connectivity index (χ4n) is 2.29. The van der Waals surface area contributed by atoms with Crippen LogP contribution in [-0.4, -0.2) is 25.5 Å². The maximum absolute atomic E-state index is 11.3. The lowest BCUT2D eigenvalue weighted by Gasteiger charge is -2.03. The number of unbranched alkanes of at least 4 members (excludes halogenated alkanes) is 10. The third-order valence-electron chi connectivity index (χ3n) is 3.53. The van der Waals surface area contributed by atoms with E-state index in [2.05, 4.69) is 17.0 Å². The van der Waals surface area contributed by atoms with Crippen LogP contribution in [-0.2, 0) is 14.3 Å². The van der Waals surface area contributed by atoms with Gasteiger partial charge in [-0.2, -0.15) is 0 Å². The van der Waals surface area contributed by atoms with Crippen LogP contribution in [0.4, 0.5) is 0 Å². The second-order valence-electron chi connectivity index (χ2n) is 5.66. The van der Waals surface area contributed by atoms with Crippen LogP contribution in [0.15, 0.2) is 0 Å². The molecule has 0 aliphatic heterocycles. The van der Waals surface area contributed by atoms with Gasteiger partial charge in [-0.05, 0) is 13.5 Å². The van der Waals surface area contributed by atoms with Gasteiger partial charge in [0.05, 0.1) is 6.54 Å². The van der Waals surface area contributed by atoms with E-state index in [0.717, 1.165) is 12.8 Å². The van der Waals surface area contributed by atoms with Crippen LogP contribution >= 0.6 is 0 Å². The molecule has 0 amide bonds. The highest BCUT2D eigenvalue weighted by molar-refractivity contribution is 5.86. The van der Waals surface area contributed by atoms with Crippen molar-refractivity contribution in [1.82, 2.24) is 5.32 Å². The topological polar surface area (TPSA) is 55.4 Å². The molecule has 1 N–H and O–H groups in total. The maximum atomic E-state index is 11.3. The van der Waals surface area contributed by atoms with Crippen LogP contribution < -0.4 is 5.32 Å². The molecule has 4 heteroatoms. The van der Waals surface area contributed by atoms with Gasteiger partial charge in [0.15, 0.2) is 0 Å². The number of hydrogen-bond acceptors (Lipinski definition) is 4. The van der Waals surface area contributed by atoms with Gasteiger partial charge in [0.25, 0.3) is 0 Å². The molecule has 0 spiro atoms. The Labute approximate surface area is 130 Å². The van der Waals surface area contributed by atoms with Crippen molar-refractivity contribution >= 4 is 11.9 Å². The molecular weight excluding hydrogens is 266 g/mol. The minimum absolute atomic E-state index is 0.0873. The molecule has 0 fully saturated rings. The van der Waals surface area contributed by atoms with E-state index < -0.39 is 11.9 Å². The average molecular weight is 299 g/mol. The first-order valence-corrected chi connectivity index (χ1v) is 8.58. The summed E-state index contributed by atoms with van der Waals surface area (Å²) >= 11 is 0. The SMILES string of the molecule is CCCCCCCCCCCCCC(=O)OC(=O)CNC. The second kappa shape index (κ2) is 15.5. The molecule has 0 aromatic rings. The molecule has 0 aliphatic carbocycles. The molecular formula is C17H33NO3. The lowest BCUT2D eigenvalue weighted by Crippen LogP contribution is -2.23. The number of carbonyl (C=O) groups excluding carboxylic acids is 2. The van der Waals surface area contributed by atoms with Gasteiger partial charge in [-0.15, -0.1) is 0 Å². The monoisotopic (exact) mass is 299 g/mol. The van der Waals surface area contributed by atoms with Crippen molar-refractivity contribution in [3.8, 4) is 0 Å². The summed E-state index contributed by atoms with van der Waals surface area (Å²) in [5.41, 5.74) is 0. The zero-order valence-electron chi connectivity index (χ0n) is 13.9. The third-order valence-corrected chi connectivity index (χ3v) is 3.53. The van der Waals surface area contributed by atoms with Gasteiger partial charge < -0.3 is 10.1 Å². The van der Waals surface area contributed by atoms with E-state index in [1.165, 1.54) is 57.8 Å². The fraction of sp³-hybridized carbons (Fsp3) is 0.882. The number of esters is 2. The van der Waals surface area contributed by atoms with Gasteiger partial charge in [-0.3, -0.25) is 9.59 Å². The van der Waals surface area contributed by atoms with Gasteiger partial charge in [0.2, 0.25) is 0 Å². The van der Waals surface area contributed by atoms with Crippen LogP contribution in [0.5, 0.6) is 0 Å². The maximum Gasteiger partial charge on any atom is 0.327 e. The Bertz CT molecular complexity index is 267. The summed E-state index contributed by atoms with van der Waals surface area (Å²) in [5, 5.41) is 2.66. The molecule has 0 rings (SSSR count). The molecule has 0 aromatic carbocycles. The number of rotatable bonds is 14. The van der Waals surface area contributed by atoms with Crippen LogP contribution in [0.1, 0.15) is 84.0 Å². The molecule has 0 bridgehead atoms. The summed E-state index contributed by atoms with van der Waals surface area (Å²) < 4.78 is 4.64. The largest absolute Gasteiger partial charge is 0.392 e. The van der Waals surface area contributed by atoms with Gasteiger partial charge in [0.1, 0.15) is 0 Å². The van der Waals surface area contributed by atoms with E-state index >= 15 is 0 Å². The predicted octanol–water partition coefficient (Wildman–Crippen LogP) is 3.98. The van der Waals surface area contributed by atoms with E-state index in [4.69, 9.17) is 0 Å². The van der Waals surface area contributed by atoms with Crippen molar-refractivity contribution in [3.05, 3.63) is 0 Å². The van der Waals surface area contributed by atoms with E-state index in [9.17, 15) is 9.59 Å². The fourth-order valence-corrected chi connectivity index (χ4v) is 2.29. The number of likely N-dealkylation sites (N-methyl/N-ethyl adjacent to an activating group) is 1. The average Bonchev–Trinajstić information content (AvgIpc) is 2.45. The Kier molecular flexibility index (Phi) is 14.8. The van der Waals surface area contributed by atoms with Gasteiger partial charge in [-0.25, -0.2) is 0 Å². The first kappa shape index (κ1) is 20.1. The minimum Gasteiger partial charge on any atom is -0.392 e. The van der Waals surface area contributed by atoms with Crippen molar-refractivity contribution in [1.29, 1.82) is 0 Å². The van der Waals surface area contributed by atoms with Gasteiger partial charge in [-0.1, -0.05) is 71.1 Å². The van der Waals surface area contributed by atoms with E-state index in [1.807, 2.05) is 0 Å². The highest BCUT2D eigenvalue weighted by Gasteiger charge is 2.08. The lowest BCUT2D eigenvalue weighted by atomic mass is 10.1. The van der Waals surface area contributed by atoms with Crippen LogP contribution in [0, 0.1) is 0 Å². The lowest BCUT2D eigenvalue weighted by molar-refractivity contribution is -0.158. The molecule has 0 saturated carbocycles. The summed E-state index contributed by atoms with van der Waals surface area (Å²) in [4.78, 5) is 22.4. The first-order valence-electron chi connectivity index (χ1n) is 8.58. The number of nitrogens with one attached hydrogen (secondary N) is 1. The number of carbonyl (C=O) groups is 2. The molecule has 0 heterocycles. The highest BCUT2D eigenvalue weighted by Crippen LogP contribution is 2.12. The number of hydrogen-bond donors (Lipinski definition) is 1. The zero-order chi connectivity index (χ0) is 15.8. The summed E-state index contributed by atoms with van der Waals surface area (Å²) in [6.45, 7) is 2.33. The normalized spacial score (nSPS) is 10.6. The van der Waals surface area contributed by atoms with Crippen LogP contribution in [0.2, 0.25) is 0 Å². The molecule has 0 radical (unpaired) electrons. The molecule has 21 heavy (non-hydrogen) atoms. The van der Waals surface area contributed by atoms with E-state index in [1.54, 1.807) is 7.05 Å². The van der Waals surface area contributed by atoms with Crippen molar-refractivity contribution in [2.45, 2.75) is 84.0 Å². The Morgan fingerprint density at radius 2 is 1.24 bits per heavy atom. The summed E-state index contributed by atoms with van der Waals surface area (Å²) in [5.74, 6) is -0.892. The molecule has 124 valence electrons. The molecule has 0 unspecified atom stereocenters. The summed E-state index contributed by atoms with van der Waals surface area (Å²) in [6, 6.07) is 0. The quantitative estimate of drug-likeness (QED) is 0.299. The second-order valence-corrected chi connectivity index (χ2v) is 5.66. The summed E-state index contributed by atoms with van der Waals surface area (Å²) in [7, 11) is 1.65. The smallest absolute Gasteiger partial charge is 0.327 e. The Hall–Kier alpha value is -0.900. The predicted molar refractivity (Wildman–Crippen MR) is 86.1 cm³/mol. The Balaban J connectivity index is 3.21. The van der Waals surface area contributed by atoms with Crippen molar-refractivity contribution in [2.75, 3.05) is 13.6 Å². The highest BCUT2D eigenvalue weighted by atomic mass is 16.6. The van der Waals surface area contributed by atoms with Crippen molar-refractivity contribution < 1.29 is 14.3 Å². The molecule has 4 nitrogen and oxygen atoms in total. The first-order chi connectivity index (χ1) is 10.2. The zero-order valence-corrected chi connectivity index (χ0v) is 13.9. The van der Waals surface area contributed by atoms with E-state index in [-0.39, 0.29) is 6.54 Å². The Morgan fingerprint density at radius 1 is 0.762 bits per heavy atom.